The lowest BCUT2D eigenvalue weighted by Gasteiger charge is -2.15. The van der Waals surface area contributed by atoms with Crippen LogP contribution in [-0.2, 0) is 0 Å². The minimum Gasteiger partial charge on any atom is -0.493 e. The maximum Gasteiger partial charge on any atom is 0.122 e. The second kappa shape index (κ2) is 5.01. The molecule has 1 fully saturated rings. The largest absolute Gasteiger partial charge is 0.493 e. The van der Waals surface area contributed by atoms with E-state index in [2.05, 4.69) is 0 Å². The van der Waals surface area contributed by atoms with E-state index in [0.29, 0.717) is 27.4 Å². The van der Waals surface area contributed by atoms with E-state index < -0.39 is 0 Å². The quantitative estimate of drug-likeness (QED) is 0.837. The van der Waals surface area contributed by atoms with E-state index in [0.717, 1.165) is 19.3 Å². The van der Waals surface area contributed by atoms with E-state index in [-0.39, 0.29) is 5.41 Å². The van der Waals surface area contributed by atoms with Gasteiger partial charge in [0, 0.05) is 21.9 Å². The number of nitrogens with two attached hydrogens (primary N) is 1. The minimum absolute atomic E-state index is 0.140. The molecule has 5 heteroatoms. The number of benzene rings is 1. The standard InChI is InChI=1S/C12H13Cl2NOS/c13-8-3-9(14)5-10(4-8)16-7-12(1-2-12)6-11(15)17/h3-5H,1-2,6-7H2,(H2,15,17). The van der Waals surface area contributed by atoms with Crippen molar-refractivity contribution < 1.29 is 4.74 Å². The Balaban J connectivity index is 1.96. The summed E-state index contributed by atoms with van der Waals surface area (Å²) in [6.07, 6.45) is 2.97. The van der Waals surface area contributed by atoms with Gasteiger partial charge in [-0.3, -0.25) is 0 Å². The van der Waals surface area contributed by atoms with Crippen molar-refractivity contribution in [1.29, 1.82) is 0 Å². The Hall–Kier alpha value is -0.510. The molecule has 0 radical (unpaired) electrons. The third kappa shape index (κ3) is 3.73. The molecule has 0 aromatic heterocycles. The predicted molar refractivity (Wildman–Crippen MR) is 75.0 cm³/mol. The molecule has 0 atom stereocenters. The van der Waals surface area contributed by atoms with Gasteiger partial charge in [-0.05, 0) is 31.0 Å². The van der Waals surface area contributed by atoms with Crippen molar-refractivity contribution in [2.24, 2.45) is 11.1 Å². The molecule has 1 aliphatic rings. The molecule has 0 unspecified atom stereocenters. The molecule has 1 aliphatic carbocycles. The molecule has 2 nitrogen and oxygen atoms in total. The highest BCUT2D eigenvalue weighted by Crippen LogP contribution is 2.49. The van der Waals surface area contributed by atoms with Gasteiger partial charge in [-0.2, -0.15) is 0 Å². The van der Waals surface area contributed by atoms with Gasteiger partial charge < -0.3 is 10.5 Å². The second-order valence-corrected chi connectivity index (χ2v) is 5.93. The number of halogens is 2. The van der Waals surface area contributed by atoms with Gasteiger partial charge in [0.25, 0.3) is 0 Å². The van der Waals surface area contributed by atoms with Crippen LogP contribution in [-0.4, -0.2) is 11.6 Å². The van der Waals surface area contributed by atoms with Crippen molar-refractivity contribution in [2.75, 3.05) is 6.61 Å². The number of rotatable bonds is 5. The summed E-state index contributed by atoms with van der Waals surface area (Å²) in [5.41, 5.74) is 5.71. The van der Waals surface area contributed by atoms with Crippen LogP contribution in [0.3, 0.4) is 0 Å². The van der Waals surface area contributed by atoms with Crippen LogP contribution in [0.2, 0.25) is 10.0 Å². The topological polar surface area (TPSA) is 35.2 Å². The van der Waals surface area contributed by atoms with Crippen LogP contribution in [0.25, 0.3) is 0 Å². The first-order chi connectivity index (χ1) is 7.99. The molecule has 92 valence electrons. The lowest BCUT2D eigenvalue weighted by Crippen LogP contribution is -2.20. The van der Waals surface area contributed by atoms with Gasteiger partial charge in [-0.25, -0.2) is 0 Å². The van der Waals surface area contributed by atoms with Gasteiger partial charge >= 0.3 is 0 Å². The highest BCUT2D eigenvalue weighted by atomic mass is 35.5. The first kappa shape index (κ1) is 12.9. The fraction of sp³-hybridized carbons (Fsp3) is 0.417. The van der Waals surface area contributed by atoms with Crippen LogP contribution in [0.4, 0.5) is 0 Å². The van der Waals surface area contributed by atoms with Gasteiger partial charge in [0.2, 0.25) is 0 Å². The van der Waals surface area contributed by atoms with Gasteiger partial charge in [-0.15, -0.1) is 0 Å². The maximum absolute atomic E-state index is 5.89. The number of thiocarbonyl (C=S) groups is 1. The summed E-state index contributed by atoms with van der Waals surface area (Å²) in [7, 11) is 0. The Labute approximate surface area is 116 Å². The van der Waals surface area contributed by atoms with Crippen LogP contribution >= 0.6 is 35.4 Å². The van der Waals surface area contributed by atoms with E-state index in [1.807, 2.05) is 0 Å². The summed E-state index contributed by atoms with van der Waals surface area (Å²) < 4.78 is 5.71. The fourth-order valence-corrected chi connectivity index (χ4v) is 2.58. The highest BCUT2D eigenvalue weighted by molar-refractivity contribution is 7.80. The van der Waals surface area contributed by atoms with E-state index in [9.17, 15) is 0 Å². The molecule has 2 rings (SSSR count). The third-order valence-corrected chi connectivity index (χ3v) is 3.47. The summed E-state index contributed by atoms with van der Waals surface area (Å²) in [5, 5.41) is 1.15. The summed E-state index contributed by atoms with van der Waals surface area (Å²) in [4.78, 5) is 0.551. The summed E-state index contributed by atoms with van der Waals surface area (Å²) in [6, 6.07) is 5.19. The maximum atomic E-state index is 5.89. The monoisotopic (exact) mass is 289 g/mol. The number of hydrogen-bond donors (Lipinski definition) is 1. The van der Waals surface area contributed by atoms with Crippen molar-refractivity contribution in [3.05, 3.63) is 28.2 Å². The van der Waals surface area contributed by atoms with E-state index in [1.165, 1.54) is 0 Å². The Kier molecular flexibility index (Phi) is 3.81. The van der Waals surface area contributed by atoms with Crippen LogP contribution in [0.5, 0.6) is 5.75 Å². The van der Waals surface area contributed by atoms with E-state index in [1.54, 1.807) is 18.2 Å². The fourth-order valence-electron chi connectivity index (χ4n) is 1.77. The average molecular weight is 290 g/mol. The van der Waals surface area contributed by atoms with E-state index >= 15 is 0 Å². The van der Waals surface area contributed by atoms with Gasteiger partial charge in [0.05, 0.1) is 11.6 Å². The Morgan fingerprint density at radius 1 is 1.29 bits per heavy atom. The average Bonchev–Trinajstić information content (AvgIpc) is 2.93. The van der Waals surface area contributed by atoms with Crippen molar-refractivity contribution in [2.45, 2.75) is 19.3 Å². The molecular weight excluding hydrogens is 277 g/mol. The normalized spacial score (nSPS) is 16.6. The molecule has 0 bridgehead atoms. The van der Waals surface area contributed by atoms with Crippen LogP contribution in [0.15, 0.2) is 18.2 Å². The minimum atomic E-state index is 0.140. The molecule has 1 saturated carbocycles. The number of hydrogen-bond acceptors (Lipinski definition) is 2. The number of ether oxygens (including phenoxy) is 1. The summed E-state index contributed by atoms with van der Waals surface area (Å²) in [5.74, 6) is 0.691. The smallest absolute Gasteiger partial charge is 0.122 e. The molecule has 2 N–H and O–H groups in total. The third-order valence-electron chi connectivity index (χ3n) is 2.89. The summed E-state index contributed by atoms with van der Waals surface area (Å²) >= 11 is 16.7. The van der Waals surface area contributed by atoms with E-state index in [4.69, 9.17) is 45.9 Å². The highest BCUT2D eigenvalue weighted by Gasteiger charge is 2.43. The Bertz CT molecular complexity index is 426. The lowest BCUT2D eigenvalue weighted by atomic mass is 10.0. The van der Waals surface area contributed by atoms with Gasteiger partial charge in [-0.1, -0.05) is 35.4 Å². The Morgan fingerprint density at radius 3 is 2.35 bits per heavy atom. The van der Waals surface area contributed by atoms with Gasteiger partial charge in [0.1, 0.15) is 5.75 Å². The zero-order chi connectivity index (χ0) is 12.5. The first-order valence-corrected chi connectivity index (χ1v) is 6.53. The van der Waals surface area contributed by atoms with Crippen molar-refractivity contribution >= 4 is 40.4 Å². The molecule has 0 spiro atoms. The first-order valence-electron chi connectivity index (χ1n) is 5.36. The molecule has 1 aromatic rings. The second-order valence-electron chi connectivity index (χ2n) is 4.54. The molecule has 0 amide bonds. The molecular formula is C12H13Cl2NOS. The van der Waals surface area contributed by atoms with Crippen LogP contribution in [0.1, 0.15) is 19.3 Å². The zero-order valence-electron chi connectivity index (χ0n) is 9.21. The van der Waals surface area contributed by atoms with Crippen LogP contribution < -0.4 is 10.5 Å². The summed E-state index contributed by atoms with van der Waals surface area (Å²) in [6.45, 7) is 0.612. The van der Waals surface area contributed by atoms with Gasteiger partial charge in [0.15, 0.2) is 0 Å². The van der Waals surface area contributed by atoms with Crippen molar-refractivity contribution in [1.82, 2.24) is 0 Å². The zero-order valence-corrected chi connectivity index (χ0v) is 11.5. The van der Waals surface area contributed by atoms with Crippen LogP contribution in [0, 0.1) is 5.41 Å². The molecule has 0 heterocycles. The predicted octanol–water partition coefficient (Wildman–Crippen LogP) is 3.83. The van der Waals surface area contributed by atoms with Crippen molar-refractivity contribution in [3.63, 3.8) is 0 Å². The lowest BCUT2D eigenvalue weighted by molar-refractivity contribution is 0.239. The molecule has 1 aromatic carbocycles. The van der Waals surface area contributed by atoms with Crippen molar-refractivity contribution in [3.8, 4) is 5.75 Å². The molecule has 17 heavy (non-hydrogen) atoms. The molecule has 0 saturated heterocycles. The SMILES string of the molecule is NC(=S)CC1(COc2cc(Cl)cc(Cl)c2)CC1. The Morgan fingerprint density at radius 2 is 1.88 bits per heavy atom. The molecule has 0 aliphatic heterocycles.